The Kier molecular flexibility index (Phi) is 5.58. The summed E-state index contributed by atoms with van der Waals surface area (Å²) in [5, 5.41) is 9.09. The summed E-state index contributed by atoms with van der Waals surface area (Å²) in [4.78, 5) is 10.9. The SMILES string of the molecule is CCOC(=O)NS(=O)(=O)NCCc1ccc(O)cc1. The van der Waals surface area contributed by atoms with Crippen LogP contribution in [0.2, 0.25) is 0 Å². The van der Waals surface area contributed by atoms with Crippen molar-refractivity contribution >= 4 is 16.3 Å². The molecule has 106 valence electrons. The molecule has 8 heteroatoms. The number of hydrogen-bond acceptors (Lipinski definition) is 5. The van der Waals surface area contributed by atoms with E-state index in [4.69, 9.17) is 5.11 Å². The zero-order valence-corrected chi connectivity index (χ0v) is 11.2. The van der Waals surface area contributed by atoms with E-state index in [1.165, 1.54) is 12.1 Å². The zero-order valence-electron chi connectivity index (χ0n) is 10.4. The van der Waals surface area contributed by atoms with Gasteiger partial charge in [-0.2, -0.15) is 13.1 Å². The molecule has 0 saturated carbocycles. The second kappa shape index (κ2) is 6.95. The molecule has 0 fully saturated rings. The number of hydrogen-bond donors (Lipinski definition) is 3. The fraction of sp³-hybridized carbons (Fsp3) is 0.364. The normalized spacial score (nSPS) is 11.0. The van der Waals surface area contributed by atoms with Crippen molar-refractivity contribution < 1.29 is 23.1 Å². The van der Waals surface area contributed by atoms with Gasteiger partial charge in [-0.05, 0) is 31.0 Å². The molecule has 0 aliphatic rings. The number of ether oxygens (including phenoxy) is 1. The van der Waals surface area contributed by atoms with Crippen molar-refractivity contribution in [2.45, 2.75) is 13.3 Å². The van der Waals surface area contributed by atoms with Crippen molar-refractivity contribution in [3.63, 3.8) is 0 Å². The summed E-state index contributed by atoms with van der Waals surface area (Å²) in [7, 11) is -3.91. The lowest BCUT2D eigenvalue weighted by Gasteiger charge is -2.08. The quantitative estimate of drug-likeness (QED) is 0.707. The summed E-state index contributed by atoms with van der Waals surface area (Å²) in [6.45, 7) is 1.79. The molecule has 1 aromatic carbocycles. The molecule has 0 unspecified atom stereocenters. The molecule has 1 rings (SSSR count). The molecule has 0 aromatic heterocycles. The fourth-order valence-corrected chi connectivity index (χ4v) is 2.02. The van der Waals surface area contributed by atoms with Crippen molar-refractivity contribution in [3.8, 4) is 5.75 Å². The van der Waals surface area contributed by atoms with Gasteiger partial charge >= 0.3 is 16.3 Å². The minimum Gasteiger partial charge on any atom is -0.508 e. The number of aromatic hydroxyl groups is 1. The van der Waals surface area contributed by atoms with Crippen LogP contribution in [-0.4, -0.2) is 32.8 Å². The predicted molar refractivity (Wildman–Crippen MR) is 68.9 cm³/mol. The van der Waals surface area contributed by atoms with Crippen molar-refractivity contribution in [1.82, 2.24) is 9.44 Å². The van der Waals surface area contributed by atoms with E-state index in [1.54, 1.807) is 23.8 Å². The van der Waals surface area contributed by atoms with Gasteiger partial charge in [-0.3, -0.25) is 0 Å². The van der Waals surface area contributed by atoms with E-state index in [9.17, 15) is 13.2 Å². The predicted octanol–water partition coefficient (Wildman–Crippen LogP) is 0.515. The Labute approximate surface area is 111 Å². The first-order chi connectivity index (χ1) is 8.93. The van der Waals surface area contributed by atoms with E-state index in [0.717, 1.165) is 5.56 Å². The Morgan fingerprint density at radius 2 is 1.95 bits per heavy atom. The van der Waals surface area contributed by atoms with E-state index in [1.807, 2.05) is 0 Å². The average molecular weight is 288 g/mol. The highest BCUT2D eigenvalue weighted by Gasteiger charge is 2.13. The van der Waals surface area contributed by atoms with Gasteiger partial charge in [0.05, 0.1) is 6.61 Å². The summed E-state index contributed by atoms with van der Waals surface area (Å²) in [5.74, 6) is 0.147. The number of phenolic OH excluding ortho intramolecular Hbond substituents is 1. The van der Waals surface area contributed by atoms with E-state index in [0.29, 0.717) is 6.42 Å². The van der Waals surface area contributed by atoms with Crippen LogP contribution in [0.3, 0.4) is 0 Å². The van der Waals surface area contributed by atoms with E-state index in [-0.39, 0.29) is 18.9 Å². The summed E-state index contributed by atoms with van der Waals surface area (Å²) < 4.78 is 31.2. The Bertz CT molecular complexity index is 512. The van der Waals surface area contributed by atoms with Crippen molar-refractivity contribution in [2.75, 3.05) is 13.2 Å². The molecule has 3 N–H and O–H groups in total. The minimum atomic E-state index is -3.91. The first-order valence-corrected chi connectivity index (χ1v) is 7.13. The highest BCUT2D eigenvalue weighted by Crippen LogP contribution is 2.09. The van der Waals surface area contributed by atoms with Crippen LogP contribution >= 0.6 is 0 Å². The third-order valence-electron chi connectivity index (χ3n) is 2.14. The number of amides is 1. The Morgan fingerprint density at radius 3 is 2.53 bits per heavy atom. The first kappa shape index (κ1) is 15.3. The van der Waals surface area contributed by atoms with Crippen LogP contribution in [0, 0.1) is 0 Å². The van der Waals surface area contributed by atoms with Gasteiger partial charge in [-0.25, -0.2) is 9.52 Å². The number of benzene rings is 1. The summed E-state index contributed by atoms with van der Waals surface area (Å²) in [6.07, 6.45) is -0.580. The minimum absolute atomic E-state index is 0.0921. The molecule has 7 nitrogen and oxygen atoms in total. The first-order valence-electron chi connectivity index (χ1n) is 5.65. The van der Waals surface area contributed by atoms with Crippen molar-refractivity contribution in [1.29, 1.82) is 0 Å². The van der Waals surface area contributed by atoms with Crippen LogP contribution in [-0.2, 0) is 21.4 Å². The third kappa shape index (κ3) is 6.07. The lowest BCUT2D eigenvalue weighted by Crippen LogP contribution is -2.41. The second-order valence-corrected chi connectivity index (χ2v) is 5.14. The number of carbonyl (C=O) groups excluding carboxylic acids is 1. The van der Waals surface area contributed by atoms with Crippen LogP contribution in [0.5, 0.6) is 5.75 Å². The lowest BCUT2D eigenvalue weighted by molar-refractivity contribution is 0.158. The maximum Gasteiger partial charge on any atom is 0.421 e. The van der Waals surface area contributed by atoms with Gasteiger partial charge in [0.2, 0.25) is 0 Å². The number of carbonyl (C=O) groups is 1. The zero-order chi connectivity index (χ0) is 14.3. The van der Waals surface area contributed by atoms with Crippen LogP contribution in [0.15, 0.2) is 24.3 Å². The highest BCUT2D eigenvalue weighted by atomic mass is 32.2. The summed E-state index contributed by atoms with van der Waals surface area (Å²) in [6, 6.07) is 6.40. The van der Waals surface area contributed by atoms with Gasteiger partial charge in [0.1, 0.15) is 5.75 Å². The maximum atomic E-state index is 11.4. The average Bonchev–Trinajstić information content (AvgIpc) is 2.31. The van der Waals surface area contributed by atoms with Crippen molar-refractivity contribution in [2.24, 2.45) is 0 Å². The van der Waals surface area contributed by atoms with Gasteiger partial charge in [0.15, 0.2) is 0 Å². The van der Waals surface area contributed by atoms with E-state index in [2.05, 4.69) is 9.46 Å². The molecule has 0 aliphatic heterocycles. The van der Waals surface area contributed by atoms with Gasteiger partial charge in [0.25, 0.3) is 0 Å². The number of nitrogens with one attached hydrogen (secondary N) is 2. The second-order valence-electron chi connectivity index (χ2n) is 3.64. The van der Waals surface area contributed by atoms with Crippen LogP contribution in [0.1, 0.15) is 12.5 Å². The Hall–Kier alpha value is -1.80. The topological polar surface area (TPSA) is 105 Å². The van der Waals surface area contributed by atoms with Crippen LogP contribution < -0.4 is 9.44 Å². The Morgan fingerprint density at radius 1 is 1.32 bits per heavy atom. The number of phenols is 1. The largest absolute Gasteiger partial charge is 0.508 e. The van der Waals surface area contributed by atoms with E-state index < -0.39 is 16.3 Å². The van der Waals surface area contributed by atoms with Crippen molar-refractivity contribution in [3.05, 3.63) is 29.8 Å². The smallest absolute Gasteiger partial charge is 0.421 e. The summed E-state index contributed by atoms with van der Waals surface area (Å²) in [5.41, 5.74) is 0.858. The third-order valence-corrected chi connectivity index (χ3v) is 3.15. The van der Waals surface area contributed by atoms with Gasteiger partial charge in [-0.1, -0.05) is 12.1 Å². The van der Waals surface area contributed by atoms with Gasteiger partial charge in [0, 0.05) is 6.54 Å². The van der Waals surface area contributed by atoms with Crippen LogP contribution in [0.25, 0.3) is 0 Å². The number of rotatable bonds is 6. The molecule has 0 saturated heterocycles. The molecule has 19 heavy (non-hydrogen) atoms. The molecular formula is C11H16N2O5S. The molecule has 0 heterocycles. The fourth-order valence-electron chi connectivity index (χ4n) is 1.30. The monoisotopic (exact) mass is 288 g/mol. The standard InChI is InChI=1S/C11H16N2O5S/c1-2-18-11(15)13-19(16,17)12-8-7-9-3-5-10(14)6-4-9/h3-6,12,14H,2,7-8H2,1H3,(H,13,15). The molecule has 0 aliphatic carbocycles. The molecule has 1 aromatic rings. The Balaban J connectivity index is 2.39. The molecular weight excluding hydrogens is 272 g/mol. The molecule has 0 radical (unpaired) electrons. The summed E-state index contributed by atoms with van der Waals surface area (Å²) >= 11 is 0. The molecule has 0 bridgehead atoms. The van der Waals surface area contributed by atoms with Crippen LogP contribution in [0.4, 0.5) is 4.79 Å². The lowest BCUT2D eigenvalue weighted by atomic mass is 10.1. The molecule has 0 spiro atoms. The molecule has 0 atom stereocenters. The van der Waals surface area contributed by atoms with Gasteiger partial charge < -0.3 is 9.84 Å². The maximum absolute atomic E-state index is 11.4. The van der Waals surface area contributed by atoms with E-state index >= 15 is 0 Å². The highest BCUT2D eigenvalue weighted by molar-refractivity contribution is 7.88. The van der Waals surface area contributed by atoms with Gasteiger partial charge in [-0.15, -0.1) is 0 Å². The molecule has 1 amide bonds.